The van der Waals surface area contributed by atoms with E-state index < -0.39 is 23.6 Å². The lowest BCUT2D eigenvalue weighted by Crippen LogP contribution is -2.50. The largest absolute Gasteiger partial charge is 0.463 e. The molecule has 0 bridgehead atoms. The van der Waals surface area contributed by atoms with Crippen LogP contribution in [-0.4, -0.2) is 62.4 Å². The molecule has 4 aromatic rings. The SMILES string of the molecule is O=C(c1cccc(F)c1)N1CCN(C(=O)c2cnn3c(C(F)(F)F)cc(-c4ccco4)nc23)CC1. The van der Waals surface area contributed by atoms with E-state index in [2.05, 4.69) is 10.1 Å². The Morgan fingerprint density at radius 1 is 0.943 bits per heavy atom. The molecule has 0 N–H and O–H groups in total. The fourth-order valence-corrected chi connectivity index (χ4v) is 3.95. The number of piperazine rings is 1. The molecule has 4 heterocycles. The van der Waals surface area contributed by atoms with Crippen molar-refractivity contribution in [2.75, 3.05) is 26.2 Å². The molecule has 180 valence electrons. The second-order valence-electron chi connectivity index (χ2n) is 7.89. The Morgan fingerprint density at radius 2 is 1.66 bits per heavy atom. The van der Waals surface area contributed by atoms with Crippen molar-refractivity contribution in [1.29, 1.82) is 0 Å². The van der Waals surface area contributed by atoms with Gasteiger partial charge in [-0.3, -0.25) is 9.59 Å². The molecule has 0 spiro atoms. The Morgan fingerprint density at radius 3 is 2.29 bits per heavy atom. The number of carbonyl (C=O) groups is 2. The highest BCUT2D eigenvalue weighted by Gasteiger charge is 2.37. The zero-order chi connectivity index (χ0) is 24.7. The van der Waals surface area contributed by atoms with Gasteiger partial charge in [0.1, 0.15) is 17.1 Å². The van der Waals surface area contributed by atoms with Crippen molar-refractivity contribution >= 4 is 17.5 Å². The summed E-state index contributed by atoms with van der Waals surface area (Å²) in [4.78, 5) is 33.0. The Kier molecular flexibility index (Phi) is 5.50. The predicted octanol–water partition coefficient (Wildman–Crippen LogP) is 3.75. The monoisotopic (exact) mass is 487 g/mol. The van der Waals surface area contributed by atoms with Gasteiger partial charge in [0.15, 0.2) is 17.1 Å². The lowest BCUT2D eigenvalue weighted by molar-refractivity contribution is -0.142. The zero-order valence-electron chi connectivity index (χ0n) is 18.0. The highest BCUT2D eigenvalue weighted by molar-refractivity contribution is 6.00. The molecular formula is C23H17F4N5O3. The van der Waals surface area contributed by atoms with Gasteiger partial charge in [-0.15, -0.1) is 0 Å². The van der Waals surface area contributed by atoms with E-state index in [1.165, 1.54) is 46.4 Å². The molecule has 0 radical (unpaired) electrons. The third-order valence-electron chi connectivity index (χ3n) is 5.69. The van der Waals surface area contributed by atoms with Crippen LogP contribution < -0.4 is 0 Å². The number of amides is 2. The summed E-state index contributed by atoms with van der Waals surface area (Å²) in [6, 6.07) is 9.10. The van der Waals surface area contributed by atoms with Gasteiger partial charge in [-0.1, -0.05) is 6.07 Å². The van der Waals surface area contributed by atoms with E-state index in [0.29, 0.717) is 4.52 Å². The molecule has 1 saturated heterocycles. The van der Waals surface area contributed by atoms with E-state index in [1.807, 2.05) is 0 Å². The molecule has 1 fully saturated rings. The van der Waals surface area contributed by atoms with Crippen LogP contribution in [-0.2, 0) is 6.18 Å². The maximum absolute atomic E-state index is 13.7. The molecule has 2 amide bonds. The van der Waals surface area contributed by atoms with Crippen molar-refractivity contribution in [3.8, 4) is 11.5 Å². The number of furan rings is 1. The van der Waals surface area contributed by atoms with Crippen molar-refractivity contribution in [3.05, 3.63) is 77.6 Å². The third kappa shape index (κ3) is 4.22. The quantitative estimate of drug-likeness (QED) is 0.411. The van der Waals surface area contributed by atoms with Gasteiger partial charge in [0.2, 0.25) is 0 Å². The standard InChI is InChI=1S/C23H17F4N5O3/c24-15-4-1-3-14(11-15)21(33)30-6-8-31(9-7-30)22(34)16-13-28-32-19(23(25,26)27)12-17(29-20(16)32)18-5-2-10-35-18/h1-5,10-13H,6-9H2. The Bertz CT molecular complexity index is 1410. The number of benzene rings is 1. The first kappa shape index (κ1) is 22.6. The van der Waals surface area contributed by atoms with Gasteiger partial charge in [-0.2, -0.15) is 18.3 Å². The van der Waals surface area contributed by atoms with E-state index in [9.17, 15) is 27.2 Å². The van der Waals surface area contributed by atoms with E-state index in [0.717, 1.165) is 18.3 Å². The smallest absolute Gasteiger partial charge is 0.433 e. The highest BCUT2D eigenvalue weighted by atomic mass is 19.4. The molecule has 12 heteroatoms. The topological polar surface area (TPSA) is 84.0 Å². The molecular weight excluding hydrogens is 470 g/mol. The van der Waals surface area contributed by atoms with Crippen LogP contribution in [0.1, 0.15) is 26.4 Å². The van der Waals surface area contributed by atoms with E-state index in [4.69, 9.17) is 4.42 Å². The average molecular weight is 487 g/mol. The average Bonchev–Trinajstić information content (AvgIpc) is 3.52. The number of halogens is 4. The van der Waals surface area contributed by atoms with Gasteiger partial charge >= 0.3 is 6.18 Å². The van der Waals surface area contributed by atoms with E-state index in [1.54, 1.807) is 0 Å². The van der Waals surface area contributed by atoms with Crippen LogP contribution >= 0.6 is 0 Å². The van der Waals surface area contributed by atoms with Gasteiger partial charge < -0.3 is 14.2 Å². The van der Waals surface area contributed by atoms with Gasteiger partial charge in [0.05, 0.1) is 12.5 Å². The molecule has 1 aromatic carbocycles. The number of hydrogen-bond donors (Lipinski definition) is 0. The van der Waals surface area contributed by atoms with E-state index >= 15 is 0 Å². The number of carbonyl (C=O) groups excluding carboxylic acids is 2. The summed E-state index contributed by atoms with van der Waals surface area (Å²) in [5, 5.41) is 3.77. The summed E-state index contributed by atoms with van der Waals surface area (Å²) >= 11 is 0. The van der Waals surface area contributed by atoms with Gasteiger partial charge in [0.25, 0.3) is 11.8 Å². The lowest BCUT2D eigenvalue weighted by atomic mass is 10.1. The van der Waals surface area contributed by atoms with Crippen LogP contribution in [0, 0.1) is 5.82 Å². The minimum Gasteiger partial charge on any atom is -0.463 e. The number of nitrogens with zero attached hydrogens (tertiary/aromatic N) is 5. The second kappa shape index (κ2) is 8.53. The van der Waals surface area contributed by atoms with E-state index in [-0.39, 0.29) is 60.3 Å². The Labute approximate surface area is 195 Å². The Hall–Kier alpha value is -4.22. The third-order valence-corrected chi connectivity index (χ3v) is 5.69. The van der Waals surface area contributed by atoms with Crippen LogP contribution in [0.15, 0.2) is 59.3 Å². The molecule has 5 rings (SSSR count). The molecule has 0 atom stereocenters. The molecule has 0 aliphatic carbocycles. The molecule has 1 aliphatic rings. The summed E-state index contributed by atoms with van der Waals surface area (Å²) in [5.41, 5.74) is -1.35. The van der Waals surface area contributed by atoms with Crippen LogP contribution in [0.2, 0.25) is 0 Å². The molecule has 35 heavy (non-hydrogen) atoms. The van der Waals surface area contributed by atoms with Gasteiger partial charge in [-0.05, 0) is 36.4 Å². The fraction of sp³-hybridized carbons (Fsp3) is 0.217. The first-order chi connectivity index (χ1) is 16.7. The molecule has 3 aromatic heterocycles. The number of aromatic nitrogens is 3. The molecule has 8 nitrogen and oxygen atoms in total. The Balaban J connectivity index is 1.41. The number of rotatable bonds is 3. The first-order valence-corrected chi connectivity index (χ1v) is 10.6. The maximum Gasteiger partial charge on any atom is 0.433 e. The highest BCUT2D eigenvalue weighted by Crippen LogP contribution is 2.33. The molecule has 0 saturated carbocycles. The van der Waals surface area contributed by atoms with Crippen LogP contribution in [0.3, 0.4) is 0 Å². The number of hydrogen-bond acceptors (Lipinski definition) is 5. The van der Waals surface area contributed by atoms with Crippen molar-refractivity contribution in [1.82, 2.24) is 24.4 Å². The zero-order valence-corrected chi connectivity index (χ0v) is 18.0. The minimum absolute atomic E-state index is 0.0881. The summed E-state index contributed by atoms with van der Waals surface area (Å²) in [7, 11) is 0. The fourth-order valence-electron chi connectivity index (χ4n) is 3.95. The van der Waals surface area contributed by atoms with Crippen molar-refractivity contribution in [2.24, 2.45) is 0 Å². The predicted molar refractivity (Wildman–Crippen MR) is 114 cm³/mol. The van der Waals surface area contributed by atoms with Crippen molar-refractivity contribution in [3.63, 3.8) is 0 Å². The van der Waals surface area contributed by atoms with Crippen molar-refractivity contribution < 1.29 is 31.6 Å². The first-order valence-electron chi connectivity index (χ1n) is 10.6. The van der Waals surface area contributed by atoms with Gasteiger partial charge in [0, 0.05) is 31.7 Å². The normalized spacial score (nSPS) is 14.5. The van der Waals surface area contributed by atoms with Crippen LogP contribution in [0.5, 0.6) is 0 Å². The maximum atomic E-state index is 13.7. The van der Waals surface area contributed by atoms with Crippen LogP contribution in [0.4, 0.5) is 17.6 Å². The summed E-state index contributed by atoms with van der Waals surface area (Å²) in [6.45, 7) is 0.640. The minimum atomic E-state index is -4.75. The number of fused-ring (bicyclic) bond motifs is 1. The lowest BCUT2D eigenvalue weighted by Gasteiger charge is -2.34. The summed E-state index contributed by atoms with van der Waals surface area (Å²) in [5.74, 6) is -1.35. The van der Waals surface area contributed by atoms with Gasteiger partial charge in [-0.25, -0.2) is 13.9 Å². The molecule has 0 unspecified atom stereocenters. The second-order valence-corrected chi connectivity index (χ2v) is 7.89. The van der Waals surface area contributed by atoms with Crippen molar-refractivity contribution in [2.45, 2.75) is 6.18 Å². The molecule has 1 aliphatic heterocycles. The number of alkyl halides is 3. The summed E-state index contributed by atoms with van der Waals surface area (Å²) in [6.07, 6.45) is -2.39. The summed E-state index contributed by atoms with van der Waals surface area (Å²) < 4.78 is 60.4. The van der Waals surface area contributed by atoms with Crippen LogP contribution in [0.25, 0.3) is 17.1 Å².